The highest BCUT2D eigenvalue weighted by Crippen LogP contribution is 2.52. The second-order valence-corrected chi connectivity index (χ2v) is 8.19. The molecule has 0 N–H and O–H groups in total. The molecule has 19 heavy (non-hydrogen) atoms. The molecule has 0 saturated heterocycles. The lowest BCUT2D eigenvalue weighted by atomic mass is 9.79. The van der Waals surface area contributed by atoms with Crippen molar-refractivity contribution in [2.24, 2.45) is 11.3 Å². The first-order chi connectivity index (χ1) is 8.45. The van der Waals surface area contributed by atoms with Gasteiger partial charge in [-0.05, 0) is 49.9 Å². The van der Waals surface area contributed by atoms with Crippen LogP contribution in [0.3, 0.4) is 0 Å². The van der Waals surface area contributed by atoms with Crippen molar-refractivity contribution in [1.29, 1.82) is 0 Å². The third-order valence-corrected chi connectivity index (χ3v) is 5.37. The zero-order valence-corrected chi connectivity index (χ0v) is 11.9. The molecular formula is C12H19F3O3S. The topological polar surface area (TPSA) is 43.4 Å². The standard InChI is InChI=1S/C12H19F3O3S/c1-10(2)7-9-3-5-11(8-10,6-4-9)18-19(16,17)12(13,14)15/h9H,3-8H2,1-2H3. The molecule has 3 aliphatic rings. The van der Waals surface area contributed by atoms with Gasteiger partial charge >= 0.3 is 15.6 Å². The van der Waals surface area contributed by atoms with Gasteiger partial charge in [0, 0.05) is 0 Å². The maximum atomic E-state index is 12.5. The molecule has 0 spiro atoms. The van der Waals surface area contributed by atoms with Crippen LogP contribution in [-0.4, -0.2) is 19.5 Å². The van der Waals surface area contributed by atoms with E-state index < -0.39 is 21.2 Å². The first-order valence-corrected chi connectivity index (χ1v) is 7.88. The number of fused-ring (bicyclic) bond motifs is 4. The molecule has 112 valence electrons. The largest absolute Gasteiger partial charge is 0.523 e. The van der Waals surface area contributed by atoms with Crippen molar-refractivity contribution < 1.29 is 25.8 Å². The summed E-state index contributed by atoms with van der Waals surface area (Å²) in [5, 5.41) is 0. The third kappa shape index (κ3) is 3.07. The Morgan fingerprint density at radius 2 is 1.68 bits per heavy atom. The lowest BCUT2D eigenvalue weighted by Gasteiger charge is -2.37. The van der Waals surface area contributed by atoms with Crippen molar-refractivity contribution >= 4 is 10.1 Å². The average Bonchev–Trinajstić information content (AvgIpc) is 2.37. The fourth-order valence-corrected chi connectivity index (χ4v) is 4.49. The summed E-state index contributed by atoms with van der Waals surface area (Å²) < 4.78 is 64.7. The summed E-state index contributed by atoms with van der Waals surface area (Å²) in [4.78, 5) is 0. The van der Waals surface area contributed by atoms with Crippen LogP contribution in [0.2, 0.25) is 0 Å². The molecular weight excluding hydrogens is 281 g/mol. The van der Waals surface area contributed by atoms with Crippen LogP contribution in [0.1, 0.15) is 52.4 Å². The minimum atomic E-state index is -5.51. The van der Waals surface area contributed by atoms with Crippen LogP contribution < -0.4 is 0 Å². The smallest absolute Gasteiger partial charge is 0.256 e. The van der Waals surface area contributed by atoms with Gasteiger partial charge in [-0.3, -0.25) is 4.18 Å². The van der Waals surface area contributed by atoms with Gasteiger partial charge in [0.05, 0.1) is 5.60 Å². The lowest BCUT2D eigenvalue weighted by Crippen LogP contribution is -2.42. The fraction of sp³-hybridized carbons (Fsp3) is 1.00. The van der Waals surface area contributed by atoms with E-state index in [0.29, 0.717) is 25.2 Å². The predicted octanol–water partition coefficient (Wildman–Crippen LogP) is 3.60. The van der Waals surface area contributed by atoms with E-state index in [0.717, 1.165) is 19.3 Å². The van der Waals surface area contributed by atoms with E-state index in [4.69, 9.17) is 0 Å². The summed E-state index contributed by atoms with van der Waals surface area (Å²) >= 11 is 0. The van der Waals surface area contributed by atoms with E-state index in [1.165, 1.54) is 0 Å². The zero-order valence-electron chi connectivity index (χ0n) is 11.1. The lowest BCUT2D eigenvalue weighted by molar-refractivity contribution is -0.0733. The fourth-order valence-electron chi connectivity index (χ4n) is 3.70. The molecule has 0 aliphatic heterocycles. The first-order valence-electron chi connectivity index (χ1n) is 6.47. The van der Waals surface area contributed by atoms with Crippen molar-refractivity contribution in [2.75, 3.05) is 0 Å². The van der Waals surface area contributed by atoms with Crippen LogP contribution in [0, 0.1) is 11.3 Å². The van der Waals surface area contributed by atoms with E-state index in [-0.39, 0.29) is 5.41 Å². The van der Waals surface area contributed by atoms with Crippen molar-refractivity contribution in [3.05, 3.63) is 0 Å². The summed E-state index contributed by atoms with van der Waals surface area (Å²) in [6.07, 6.45) is 3.58. The summed E-state index contributed by atoms with van der Waals surface area (Å²) in [5.74, 6) is 0.475. The second kappa shape index (κ2) is 4.35. The highest BCUT2D eigenvalue weighted by atomic mass is 32.2. The highest BCUT2D eigenvalue weighted by molar-refractivity contribution is 7.87. The highest BCUT2D eigenvalue weighted by Gasteiger charge is 2.55. The van der Waals surface area contributed by atoms with Gasteiger partial charge in [0.15, 0.2) is 0 Å². The molecule has 0 heterocycles. The van der Waals surface area contributed by atoms with Gasteiger partial charge in [-0.25, -0.2) is 0 Å². The SMILES string of the molecule is CC1(C)CC2CCC(OS(=O)(=O)C(F)(F)F)(CC2)C1. The number of rotatable bonds is 2. The molecule has 0 atom stereocenters. The molecule has 0 unspecified atom stereocenters. The molecule has 3 nitrogen and oxygen atoms in total. The Bertz CT molecular complexity index is 445. The van der Waals surface area contributed by atoms with E-state index in [9.17, 15) is 21.6 Å². The number of halogens is 3. The Balaban J connectivity index is 2.27. The van der Waals surface area contributed by atoms with Gasteiger partial charge in [0.25, 0.3) is 0 Å². The third-order valence-electron chi connectivity index (χ3n) is 4.23. The van der Waals surface area contributed by atoms with Crippen LogP contribution in [0.4, 0.5) is 13.2 Å². The summed E-state index contributed by atoms with van der Waals surface area (Å²) in [7, 11) is -5.51. The Kier molecular flexibility index (Phi) is 3.45. The molecule has 3 aliphatic carbocycles. The van der Waals surface area contributed by atoms with E-state index >= 15 is 0 Å². The van der Waals surface area contributed by atoms with Crippen molar-refractivity contribution in [3.63, 3.8) is 0 Å². The first kappa shape index (κ1) is 15.1. The normalized spacial score (nSPS) is 35.1. The molecule has 0 amide bonds. The number of alkyl halides is 3. The Morgan fingerprint density at radius 1 is 1.16 bits per heavy atom. The van der Waals surface area contributed by atoms with Crippen LogP contribution in [0.25, 0.3) is 0 Å². The van der Waals surface area contributed by atoms with Gasteiger partial charge in [-0.2, -0.15) is 21.6 Å². The van der Waals surface area contributed by atoms with Gasteiger partial charge in [0.2, 0.25) is 0 Å². The zero-order chi connectivity index (χ0) is 14.5. The minimum absolute atomic E-state index is 0.182. The monoisotopic (exact) mass is 300 g/mol. The van der Waals surface area contributed by atoms with Crippen molar-refractivity contribution in [1.82, 2.24) is 0 Å². The van der Waals surface area contributed by atoms with Crippen LogP contribution >= 0.6 is 0 Å². The van der Waals surface area contributed by atoms with Crippen LogP contribution in [0.5, 0.6) is 0 Å². The van der Waals surface area contributed by atoms with Gasteiger partial charge < -0.3 is 0 Å². The molecule has 0 aromatic rings. The summed E-state index contributed by atoms with van der Waals surface area (Å²) in [6.45, 7) is 3.93. The average molecular weight is 300 g/mol. The Labute approximate surface area is 111 Å². The Morgan fingerprint density at radius 3 is 2.16 bits per heavy atom. The minimum Gasteiger partial charge on any atom is -0.256 e. The molecule has 3 fully saturated rings. The maximum Gasteiger partial charge on any atom is 0.523 e. The van der Waals surface area contributed by atoms with Crippen molar-refractivity contribution in [2.45, 2.75) is 63.5 Å². The van der Waals surface area contributed by atoms with Gasteiger partial charge in [-0.1, -0.05) is 13.8 Å². The summed E-state index contributed by atoms with van der Waals surface area (Å²) in [6, 6.07) is 0. The molecule has 0 aromatic carbocycles. The molecule has 0 aromatic heterocycles. The molecule has 3 rings (SSSR count). The number of hydrogen-bond donors (Lipinski definition) is 0. The van der Waals surface area contributed by atoms with Gasteiger partial charge in [0.1, 0.15) is 0 Å². The summed E-state index contributed by atoms with van der Waals surface area (Å²) in [5.41, 5.74) is -6.68. The van der Waals surface area contributed by atoms with E-state index in [1.54, 1.807) is 0 Å². The molecule has 0 radical (unpaired) electrons. The van der Waals surface area contributed by atoms with Crippen LogP contribution in [0.15, 0.2) is 0 Å². The Hall–Kier alpha value is -0.300. The quantitative estimate of drug-likeness (QED) is 0.578. The van der Waals surface area contributed by atoms with Gasteiger partial charge in [-0.15, -0.1) is 0 Å². The van der Waals surface area contributed by atoms with E-state index in [1.807, 2.05) is 13.8 Å². The van der Waals surface area contributed by atoms with E-state index in [2.05, 4.69) is 4.18 Å². The molecule has 7 heteroatoms. The number of hydrogen-bond acceptors (Lipinski definition) is 3. The van der Waals surface area contributed by atoms with Crippen LogP contribution in [-0.2, 0) is 14.3 Å². The second-order valence-electron chi connectivity index (χ2n) is 6.65. The molecule has 3 saturated carbocycles. The molecule has 2 bridgehead atoms. The van der Waals surface area contributed by atoms with Crippen molar-refractivity contribution in [3.8, 4) is 0 Å². The predicted molar refractivity (Wildman–Crippen MR) is 63.8 cm³/mol. The maximum absolute atomic E-state index is 12.5.